The largest absolute Gasteiger partial charge is 0.491 e. The molecule has 0 aliphatic carbocycles. The minimum Gasteiger partial charge on any atom is -0.491 e. The van der Waals surface area contributed by atoms with E-state index >= 15 is 0 Å². The summed E-state index contributed by atoms with van der Waals surface area (Å²) in [4.78, 5) is 17.6. The van der Waals surface area contributed by atoms with Gasteiger partial charge in [0.15, 0.2) is 0 Å². The van der Waals surface area contributed by atoms with Crippen molar-refractivity contribution in [3.8, 4) is 17.4 Å². The summed E-state index contributed by atoms with van der Waals surface area (Å²) in [5.41, 5.74) is 0.876. The molecule has 1 N–H and O–H groups in total. The number of fused-ring (bicyclic) bond motifs is 2. The van der Waals surface area contributed by atoms with Crippen molar-refractivity contribution in [2.24, 2.45) is 0 Å². The minimum atomic E-state index is -3.47. The number of carbonyl (C=O) groups excluding carboxylic acids is 1. The van der Waals surface area contributed by atoms with E-state index in [0.29, 0.717) is 52.3 Å². The summed E-state index contributed by atoms with van der Waals surface area (Å²) in [6, 6.07) is 15.1. The van der Waals surface area contributed by atoms with E-state index < -0.39 is 10.0 Å². The van der Waals surface area contributed by atoms with Crippen molar-refractivity contribution in [1.29, 1.82) is 0 Å². The molecule has 5 rings (SSSR count). The van der Waals surface area contributed by atoms with Gasteiger partial charge in [-0.3, -0.25) is 9.10 Å². The number of anilines is 2. The zero-order valence-electron chi connectivity index (χ0n) is 18.8. The Morgan fingerprint density at radius 1 is 1.14 bits per heavy atom. The number of hydrogen-bond acceptors (Lipinski definition) is 7. The van der Waals surface area contributed by atoms with Gasteiger partial charge in [-0.1, -0.05) is 23.2 Å². The number of sulfonamides is 1. The average molecular weight is 564 g/mol. The summed E-state index contributed by atoms with van der Waals surface area (Å²) in [5.74, 6) is 0.843. The molecule has 0 bridgehead atoms. The zero-order chi connectivity index (χ0) is 25.4. The second-order valence-electron chi connectivity index (χ2n) is 8.03. The number of rotatable bonds is 5. The third kappa shape index (κ3) is 5.36. The highest BCUT2D eigenvalue weighted by atomic mass is 35.5. The van der Waals surface area contributed by atoms with Gasteiger partial charge in [-0.25, -0.2) is 13.4 Å². The highest BCUT2D eigenvalue weighted by molar-refractivity contribution is 7.92. The number of nitrogens with zero attached hydrogens (tertiary/aromatic N) is 2. The van der Waals surface area contributed by atoms with Gasteiger partial charge in [0.05, 0.1) is 23.4 Å². The minimum absolute atomic E-state index is 0.148. The maximum atomic E-state index is 13.0. The maximum Gasteiger partial charge on any atom is 0.265 e. The molecule has 3 heterocycles. The number of ether oxygens (including phenoxy) is 2. The van der Waals surface area contributed by atoms with Crippen molar-refractivity contribution < 1.29 is 22.7 Å². The predicted molar refractivity (Wildman–Crippen MR) is 143 cm³/mol. The fourth-order valence-electron chi connectivity index (χ4n) is 3.75. The normalized spacial score (nSPS) is 13.6. The molecule has 0 unspecified atom stereocenters. The first-order valence-corrected chi connectivity index (χ1v) is 14.2. The Balaban J connectivity index is 1.41. The molecule has 2 aromatic heterocycles. The topological polar surface area (TPSA) is 97.8 Å². The van der Waals surface area contributed by atoms with E-state index in [1.165, 1.54) is 28.0 Å². The Labute approximate surface area is 221 Å². The lowest BCUT2D eigenvalue weighted by atomic mass is 10.2. The van der Waals surface area contributed by atoms with Gasteiger partial charge in [0.25, 0.3) is 5.91 Å². The molecule has 0 spiro atoms. The molecule has 0 saturated carbocycles. The standard InChI is InChI=1S/C24H19Cl2N3O5S2/c1-36(31,32)29-7-2-8-33-19-13-20-14(9-18(19)29)10-21(35-20)24(30)27-16-11-22(26)28-23(12-16)34-17-5-3-15(25)4-6-17/h3-6,9-13H,2,7-8H2,1H3,(H,27,28,30). The fourth-order valence-corrected chi connectivity index (χ4v) is 6.00. The van der Waals surface area contributed by atoms with Crippen LogP contribution >= 0.6 is 34.5 Å². The predicted octanol–water partition coefficient (Wildman–Crippen LogP) is 6.20. The van der Waals surface area contributed by atoms with Gasteiger partial charge in [-0.2, -0.15) is 0 Å². The highest BCUT2D eigenvalue weighted by Gasteiger charge is 2.25. The van der Waals surface area contributed by atoms with Crippen LogP contribution in [0.2, 0.25) is 10.2 Å². The smallest absolute Gasteiger partial charge is 0.265 e. The molecule has 1 aliphatic heterocycles. The Morgan fingerprint density at radius 2 is 1.92 bits per heavy atom. The van der Waals surface area contributed by atoms with Crippen LogP contribution in [0.15, 0.2) is 54.6 Å². The number of aromatic nitrogens is 1. The van der Waals surface area contributed by atoms with E-state index in [0.717, 1.165) is 10.1 Å². The Kier molecular flexibility index (Phi) is 6.69. The van der Waals surface area contributed by atoms with E-state index in [-0.39, 0.29) is 16.9 Å². The number of thiophene rings is 1. The number of benzene rings is 2. The van der Waals surface area contributed by atoms with Gasteiger partial charge in [0.1, 0.15) is 16.7 Å². The average Bonchev–Trinajstić information content (AvgIpc) is 3.10. The molecule has 0 saturated heterocycles. The van der Waals surface area contributed by atoms with E-state index in [4.69, 9.17) is 32.7 Å². The molecule has 36 heavy (non-hydrogen) atoms. The van der Waals surface area contributed by atoms with Crippen LogP contribution in [0.3, 0.4) is 0 Å². The van der Waals surface area contributed by atoms with Crippen LogP contribution < -0.4 is 19.1 Å². The van der Waals surface area contributed by atoms with Gasteiger partial charge in [-0.05, 0) is 47.9 Å². The van der Waals surface area contributed by atoms with Crippen molar-refractivity contribution in [1.82, 2.24) is 4.98 Å². The lowest BCUT2D eigenvalue weighted by Gasteiger charge is -2.21. The number of nitrogens with one attached hydrogen (secondary N) is 1. The van der Waals surface area contributed by atoms with E-state index in [1.54, 1.807) is 48.5 Å². The van der Waals surface area contributed by atoms with Gasteiger partial charge in [0.2, 0.25) is 15.9 Å². The molecule has 186 valence electrons. The van der Waals surface area contributed by atoms with Crippen LogP contribution in [-0.4, -0.2) is 38.7 Å². The quantitative estimate of drug-likeness (QED) is 0.290. The lowest BCUT2D eigenvalue weighted by Crippen LogP contribution is -2.30. The molecule has 0 fully saturated rings. The molecule has 2 aromatic carbocycles. The van der Waals surface area contributed by atoms with Crippen molar-refractivity contribution >= 4 is 71.9 Å². The number of hydrogen-bond donors (Lipinski definition) is 1. The lowest BCUT2D eigenvalue weighted by molar-refractivity contribution is 0.103. The zero-order valence-corrected chi connectivity index (χ0v) is 22.0. The Bertz CT molecular complexity index is 1570. The van der Waals surface area contributed by atoms with Gasteiger partial charge >= 0.3 is 0 Å². The first kappa shape index (κ1) is 24.6. The van der Waals surface area contributed by atoms with Gasteiger partial charge in [0, 0.05) is 40.5 Å². The number of amides is 1. The molecule has 8 nitrogen and oxygen atoms in total. The number of pyridine rings is 1. The first-order chi connectivity index (χ1) is 17.2. The van der Waals surface area contributed by atoms with Gasteiger partial charge < -0.3 is 14.8 Å². The van der Waals surface area contributed by atoms with Crippen molar-refractivity contribution in [3.63, 3.8) is 0 Å². The van der Waals surface area contributed by atoms with Crippen LogP contribution in [0.25, 0.3) is 10.1 Å². The third-order valence-electron chi connectivity index (χ3n) is 5.32. The van der Waals surface area contributed by atoms with E-state index in [2.05, 4.69) is 10.3 Å². The molecule has 4 aromatic rings. The maximum absolute atomic E-state index is 13.0. The monoisotopic (exact) mass is 563 g/mol. The van der Waals surface area contributed by atoms with E-state index in [9.17, 15) is 13.2 Å². The van der Waals surface area contributed by atoms with Crippen LogP contribution in [0, 0.1) is 0 Å². The summed E-state index contributed by atoms with van der Waals surface area (Å²) < 4.78 is 38.3. The van der Waals surface area contributed by atoms with Crippen LogP contribution in [-0.2, 0) is 10.0 Å². The number of halogens is 2. The second-order valence-corrected chi connectivity index (χ2v) is 11.8. The van der Waals surface area contributed by atoms with Gasteiger partial charge in [-0.15, -0.1) is 11.3 Å². The molecular weight excluding hydrogens is 545 g/mol. The molecule has 0 radical (unpaired) electrons. The molecule has 1 aliphatic rings. The van der Waals surface area contributed by atoms with Crippen LogP contribution in [0.1, 0.15) is 16.1 Å². The third-order valence-corrected chi connectivity index (χ3v) is 8.04. The molecule has 1 amide bonds. The summed E-state index contributed by atoms with van der Waals surface area (Å²) in [6.07, 6.45) is 1.75. The number of carbonyl (C=O) groups is 1. The summed E-state index contributed by atoms with van der Waals surface area (Å²) in [6.45, 7) is 0.741. The molecule has 0 atom stereocenters. The Morgan fingerprint density at radius 3 is 2.67 bits per heavy atom. The summed E-state index contributed by atoms with van der Waals surface area (Å²) in [7, 11) is -3.47. The second kappa shape index (κ2) is 9.78. The van der Waals surface area contributed by atoms with Crippen molar-refractivity contribution in [3.05, 3.63) is 69.7 Å². The highest BCUT2D eigenvalue weighted by Crippen LogP contribution is 2.39. The SMILES string of the molecule is CS(=O)(=O)N1CCCOc2cc3sc(C(=O)Nc4cc(Cl)nc(Oc5ccc(Cl)cc5)c4)cc3cc21. The van der Waals surface area contributed by atoms with E-state index in [1.807, 2.05) is 0 Å². The van der Waals surface area contributed by atoms with Crippen molar-refractivity contribution in [2.75, 3.05) is 29.0 Å². The summed E-state index contributed by atoms with van der Waals surface area (Å²) in [5, 5.41) is 4.28. The molecular formula is C24H19Cl2N3O5S2. The molecule has 12 heteroatoms. The fraction of sp³-hybridized carbons (Fsp3) is 0.167. The van der Waals surface area contributed by atoms with Crippen LogP contribution in [0.5, 0.6) is 17.4 Å². The first-order valence-electron chi connectivity index (χ1n) is 10.8. The van der Waals surface area contributed by atoms with Crippen LogP contribution in [0.4, 0.5) is 11.4 Å². The Hall–Kier alpha value is -3.05. The summed E-state index contributed by atoms with van der Waals surface area (Å²) >= 11 is 13.3. The van der Waals surface area contributed by atoms with Crippen molar-refractivity contribution in [2.45, 2.75) is 6.42 Å².